The maximum Gasteiger partial charge on any atom is 0.138 e. The van der Waals surface area contributed by atoms with Gasteiger partial charge in [0.2, 0.25) is 0 Å². The van der Waals surface area contributed by atoms with Crippen molar-refractivity contribution >= 4 is 17.0 Å². The first-order valence-electron chi connectivity index (χ1n) is 13.7. The van der Waals surface area contributed by atoms with Gasteiger partial charge >= 0.3 is 0 Å². The lowest BCUT2D eigenvalue weighted by molar-refractivity contribution is 0.591. The monoisotopic (exact) mass is 522 g/mol. The molecule has 38 heavy (non-hydrogen) atoms. The van der Waals surface area contributed by atoms with Gasteiger partial charge in [0.1, 0.15) is 11.3 Å². The Morgan fingerprint density at radius 1 is 1.16 bits per heavy atom. The maximum absolute atomic E-state index is 9.50. The predicted molar refractivity (Wildman–Crippen MR) is 168 cm³/mol. The molecule has 3 N–H and O–H groups in total. The SMILES string of the molecule is C=CCNC(=C)C(C)C/C=C\C.CC.CC(C)c1ccc2c3c(oc2c1C/C=C\C=C/N)C=CCC3.CF. The van der Waals surface area contributed by atoms with Crippen molar-refractivity contribution < 1.29 is 8.81 Å². The number of furan rings is 1. The molecule has 1 aliphatic rings. The minimum Gasteiger partial charge on any atom is -0.456 e. The van der Waals surface area contributed by atoms with Crippen molar-refractivity contribution in [1.82, 2.24) is 5.32 Å². The van der Waals surface area contributed by atoms with Gasteiger partial charge < -0.3 is 15.5 Å². The number of rotatable bonds is 10. The molecule has 3 rings (SSSR count). The number of halogens is 1. The lowest BCUT2D eigenvalue weighted by atomic mass is 9.91. The molecule has 0 saturated heterocycles. The van der Waals surface area contributed by atoms with Gasteiger partial charge in [-0.15, -0.1) is 6.58 Å². The Labute approximate surface area is 231 Å². The molecule has 1 aliphatic carbocycles. The molecule has 2 aromatic rings. The number of nitrogens with one attached hydrogen (secondary N) is 1. The molecule has 1 aromatic heterocycles. The number of aryl methyl sites for hydroxylation is 1. The van der Waals surface area contributed by atoms with Crippen molar-refractivity contribution in [3.8, 4) is 0 Å². The average Bonchev–Trinajstić information content (AvgIpc) is 3.34. The van der Waals surface area contributed by atoms with Crippen LogP contribution in [0.5, 0.6) is 0 Å². The Hall–Kier alpha value is -3.27. The van der Waals surface area contributed by atoms with Crippen LogP contribution in [-0.4, -0.2) is 13.7 Å². The van der Waals surface area contributed by atoms with E-state index >= 15 is 0 Å². The van der Waals surface area contributed by atoms with Crippen LogP contribution in [0.2, 0.25) is 0 Å². The van der Waals surface area contributed by atoms with E-state index in [2.05, 4.69) is 81.8 Å². The molecular weight excluding hydrogens is 471 g/mol. The van der Waals surface area contributed by atoms with Crippen molar-refractivity contribution in [2.24, 2.45) is 11.7 Å². The van der Waals surface area contributed by atoms with Crippen LogP contribution in [-0.2, 0) is 12.8 Å². The number of fused-ring (bicyclic) bond motifs is 3. The number of hydrogen-bond acceptors (Lipinski definition) is 3. The molecule has 0 bridgehead atoms. The summed E-state index contributed by atoms with van der Waals surface area (Å²) in [6.07, 6.45) is 22.0. The zero-order valence-corrected chi connectivity index (χ0v) is 24.8. The van der Waals surface area contributed by atoms with Crippen LogP contribution >= 0.6 is 0 Å². The molecule has 1 aromatic carbocycles. The first kappa shape index (κ1) is 34.7. The van der Waals surface area contributed by atoms with Gasteiger partial charge in [-0.25, -0.2) is 0 Å². The maximum atomic E-state index is 9.50. The summed E-state index contributed by atoms with van der Waals surface area (Å²) in [4.78, 5) is 0. The lowest BCUT2D eigenvalue weighted by Gasteiger charge is -2.13. The molecule has 0 saturated carbocycles. The van der Waals surface area contributed by atoms with Crippen LogP contribution in [0.15, 0.2) is 84.1 Å². The molecule has 210 valence electrons. The van der Waals surface area contributed by atoms with E-state index in [9.17, 15) is 4.39 Å². The molecule has 1 heterocycles. The number of allylic oxidation sites excluding steroid dienone is 7. The van der Waals surface area contributed by atoms with Crippen molar-refractivity contribution in [1.29, 1.82) is 0 Å². The standard InChI is InChI=1S/C20H23NO.C11H19N.C2H6.CH3F/c1-14(2)15-11-12-18-16-8-5-6-10-19(16)22-20(18)17(15)9-4-3-7-13-21;1-5-7-8-10(3)11(4)12-9-6-2;2*1-2/h3-4,6-7,10-14H,5,8-9,21H2,1-2H3;5-7,10,12H,2,4,8-9H2,1,3H3;1-2H3;1H3/b4-3-,13-7-;7-5-;;. The summed E-state index contributed by atoms with van der Waals surface area (Å²) in [6.45, 7) is 21.1. The zero-order valence-electron chi connectivity index (χ0n) is 24.8. The van der Waals surface area contributed by atoms with E-state index < -0.39 is 0 Å². The molecule has 1 atom stereocenters. The fourth-order valence-corrected chi connectivity index (χ4v) is 4.05. The minimum atomic E-state index is 0.482. The molecule has 4 heteroatoms. The largest absolute Gasteiger partial charge is 0.456 e. The Morgan fingerprint density at radius 3 is 2.47 bits per heavy atom. The second-order valence-electron chi connectivity index (χ2n) is 8.97. The summed E-state index contributed by atoms with van der Waals surface area (Å²) in [5, 5.41) is 4.47. The summed E-state index contributed by atoms with van der Waals surface area (Å²) in [5.74, 6) is 2.02. The fourth-order valence-electron chi connectivity index (χ4n) is 4.05. The van der Waals surface area contributed by atoms with Gasteiger partial charge in [0.15, 0.2) is 0 Å². The highest BCUT2D eigenvalue weighted by Gasteiger charge is 2.19. The predicted octanol–water partition coefficient (Wildman–Crippen LogP) is 9.58. The first-order valence-corrected chi connectivity index (χ1v) is 13.7. The normalized spacial score (nSPS) is 12.9. The first-order chi connectivity index (χ1) is 18.4. The van der Waals surface area contributed by atoms with E-state index in [0.29, 0.717) is 19.0 Å². The van der Waals surface area contributed by atoms with E-state index in [0.717, 1.165) is 49.3 Å². The highest BCUT2D eigenvalue weighted by atomic mass is 19.1. The van der Waals surface area contributed by atoms with Crippen LogP contribution in [0.1, 0.15) is 82.8 Å². The molecule has 1 unspecified atom stereocenters. The van der Waals surface area contributed by atoms with Crippen LogP contribution in [0.25, 0.3) is 17.0 Å². The van der Waals surface area contributed by atoms with Crippen molar-refractivity contribution in [3.63, 3.8) is 0 Å². The summed E-state index contributed by atoms with van der Waals surface area (Å²) < 4.78 is 15.7. The molecule has 0 amide bonds. The number of nitrogens with two attached hydrogens (primary N) is 1. The minimum absolute atomic E-state index is 0.482. The second-order valence-corrected chi connectivity index (χ2v) is 8.97. The number of alkyl halides is 1. The topological polar surface area (TPSA) is 51.2 Å². The van der Waals surface area contributed by atoms with Gasteiger partial charge in [0.05, 0.1) is 7.18 Å². The van der Waals surface area contributed by atoms with Gasteiger partial charge in [-0.1, -0.05) is 89.8 Å². The second kappa shape index (κ2) is 20.7. The van der Waals surface area contributed by atoms with Crippen LogP contribution in [0.4, 0.5) is 4.39 Å². The van der Waals surface area contributed by atoms with Gasteiger partial charge in [0, 0.05) is 28.8 Å². The van der Waals surface area contributed by atoms with Crippen LogP contribution in [0.3, 0.4) is 0 Å². The van der Waals surface area contributed by atoms with E-state index in [1.165, 1.54) is 22.1 Å². The number of benzene rings is 1. The third-order valence-electron chi connectivity index (χ3n) is 6.06. The van der Waals surface area contributed by atoms with Gasteiger partial charge in [-0.3, -0.25) is 4.39 Å². The lowest BCUT2D eigenvalue weighted by Crippen LogP contribution is -2.17. The van der Waals surface area contributed by atoms with Crippen LogP contribution < -0.4 is 11.1 Å². The molecular formula is C34H51FN2O. The smallest absolute Gasteiger partial charge is 0.138 e. The molecule has 0 fully saturated rings. The molecule has 0 radical (unpaired) electrons. The molecule has 0 aliphatic heterocycles. The van der Waals surface area contributed by atoms with Gasteiger partial charge in [-0.05, 0) is 68.4 Å². The van der Waals surface area contributed by atoms with E-state index in [-0.39, 0.29) is 0 Å². The summed E-state index contributed by atoms with van der Waals surface area (Å²) in [6, 6.07) is 4.50. The highest BCUT2D eigenvalue weighted by molar-refractivity contribution is 5.88. The van der Waals surface area contributed by atoms with Crippen molar-refractivity contribution in [2.45, 2.75) is 73.1 Å². The Morgan fingerprint density at radius 2 is 1.87 bits per heavy atom. The fraction of sp³-hybridized carbons (Fsp3) is 0.412. The molecule has 0 spiro atoms. The van der Waals surface area contributed by atoms with Gasteiger partial charge in [0.25, 0.3) is 0 Å². The summed E-state index contributed by atoms with van der Waals surface area (Å²) in [7, 11) is 0.500. The van der Waals surface area contributed by atoms with E-state index in [4.69, 9.17) is 10.2 Å². The average molecular weight is 523 g/mol. The van der Waals surface area contributed by atoms with E-state index in [1.807, 2.05) is 39.0 Å². The quantitative estimate of drug-likeness (QED) is 0.241. The van der Waals surface area contributed by atoms with Crippen molar-refractivity contribution in [2.75, 3.05) is 13.7 Å². The summed E-state index contributed by atoms with van der Waals surface area (Å²) >= 11 is 0. The Balaban J connectivity index is 0.000000732. The Kier molecular flexibility index (Phi) is 19.0. The zero-order chi connectivity index (χ0) is 28.9. The molecule has 3 nitrogen and oxygen atoms in total. The highest BCUT2D eigenvalue weighted by Crippen LogP contribution is 2.36. The Bertz CT molecular complexity index is 1070. The van der Waals surface area contributed by atoms with Crippen LogP contribution in [0, 0.1) is 5.92 Å². The van der Waals surface area contributed by atoms with Crippen molar-refractivity contribution in [3.05, 3.63) is 102 Å². The van der Waals surface area contributed by atoms with E-state index in [1.54, 1.807) is 6.20 Å². The number of hydrogen-bond donors (Lipinski definition) is 2. The third-order valence-corrected chi connectivity index (χ3v) is 6.06. The van der Waals surface area contributed by atoms with Gasteiger partial charge in [-0.2, -0.15) is 0 Å². The summed E-state index contributed by atoms with van der Waals surface area (Å²) in [5.41, 5.74) is 11.6. The third kappa shape index (κ3) is 11.0.